The molecule has 1 atom stereocenters. The third kappa shape index (κ3) is 1.44. The molecule has 1 fully saturated rings. The van der Waals surface area contributed by atoms with Gasteiger partial charge in [-0.15, -0.1) is 0 Å². The van der Waals surface area contributed by atoms with Crippen LogP contribution in [-0.4, -0.2) is 12.9 Å². The van der Waals surface area contributed by atoms with Crippen molar-refractivity contribution < 1.29 is 9.53 Å². The first-order chi connectivity index (χ1) is 6.31. The molecule has 0 spiro atoms. The van der Waals surface area contributed by atoms with E-state index in [4.69, 9.17) is 4.74 Å². The molecule has 0 bridgehead atoms. The van der Waals surface area contributed by atoms with Crippen molar-refractivity contribution in [2.24, 2.45) is 0 Å². The van der Waals surface area contributed by atoms with Crippen LogP contribution in [0.4, 0.5) is 0 Å². The summed E-state index contributed by atoms with van der Waals surface area (Å²) in [5.41, 5.74) is 1.12. The van der Waals surface area contributed by atoms with Crippen molar-refractivity contribution in [3.63, 3.8) is 0 Å². The van der Waals surface area contributed by atoms with Gasteiger partial charge < -0.3 is 4.74 Å². The lowest BCUT2D eigenvalue weighted by Crippen LogP contribution is -2.22. The molecule has 0 aliphatic heterocycles. The van der Waals surface area contributed by atoms with Crippen LogP contribution in [-0.2, 0) is 4.79 Å². The summed E-state index contributed by atoms with van der Waals surface area (Å²) in [5, 5.41) is 0. The molecule has 2 nitrogen and oxygen atoms in total. The Morgan fingerprint density at radius 3 is 2.38 bits per heavy atom. The van der Waals surface area contributed by atoms with Crippen molar-refractivity contribution in [1.82, 2.24) is 0 Å². The normalized spacial score (nSPS) is 21.0. The van der Waals surface area contributed by atoms with Crippen molar-refractivity contribution in [3.05, 3.63) is 29.8 Å². The van der Waals surface area contributed by atoms with Crippen molar-refractivity contribution in [2.45, 2.75) is 18.8 Å². The molecular formula is C11H12O2. The molecule has 1 aliphatic rings. The highest BCUT2D eigenvalue weighted by Gasteiger charge is 2.29. The average molecular weight is 176 g/mol. The number of ketones is 1. The summed E-state index contributed by atoms with van der Waals surface area (Å²) in [6.07, 6.45) is 1.75. The maximum atomic E-state index is 11.2. The van der Waals surface area contributed by atoms with Gasteiger partial charge in [0.25, 0.3) is 0 Å². The molecule has 13 heavy (non-hydrogen) atoms. The molecule has 0 radical (unpaired) electrons. The molecule has 1 aromatic rings. The Kier molecular flexibility index (Phi) is 2.05. The van der Waals surface area contributed by atoms with E-state index >= 15 is 0 Å². The molecule has 0 N–H and O–H groups in total. The highest BCUT2D eigenvalue weighted by Crippen LogP contribution is 2.33. The van der Waals surface area contributed by atoms with E-state index in [2.05, 4.69) is 0 Å². The molecule has 68 valence electrons. The molecule has 0 amide bonds. The third-order valence-electron chi connectivity index (χ3n) is 2.59. The van der Waals surface area contributed by atoms with Gasteiger partial charge in [0, 0.05) is 12.3 Å². The number of rotatable bonds is 2. The molecule has 0 unspecified atom stereocenters. The van der Waals surface area contributed by atoms with Crippen molar-refractivity contribution in [2.75, 3.05) is 7.11 Å². The maximum Gasteiger partial charge on any atom is 0.140 e. The topological polar surface area (TPSA) is 26.3 Å². The van der Waals surface area contributed by atoms with Crippen LogP contribution in [0.2, 0.25) is 0 Å². The van der Waals surface area contributed by atoms with Crippen LogP contribution in [0.3, 0.4) is 0 Å². The van der Waals surface area contributed by atoms with Gasteiger partial charge in [0.15, 0.2) is 0 Å². The second-order valence-corrected chi connectivity index (χ2v) is 3.33. The van der Waals surface area contributed by atoms with Crippen LogP contribution in [0.5, 0.6) is 5.75 Å². The van der Waals surface area contributed by atoms with Gasteiger partial charge in [0.05, 0.1) is 7.11 Å². The van der Waals surface area contributed by atoms with Gasteiger partial charge in [0.2, 0.25) is 0 Å². The minimum Gasteiger partial charge on any atom is -0.497 e. The summed E-state index contributed by atoms with van der Waals surface area (Å²) in [4.78, 5) is 11.2. The Labute approximate surface area is 77.5 Å². The van der Waals surface area contributed by atoms with E-state index in [1.165, 1.54) is 0 Å². The minimum absolute atomic E-state index is 0.158. The fourth-order valence-electron chi connectivity index (χ4n) is 1.60. The first-order valence-corrected chi connectivity index (χ1v) is 4.48. The first-order valence-electron chi connectivity index (χ1n) is 4.48. The Balaban J connectivity index is 2.18. The largest absolute Gasteiger partial charge is 0.497 e. The zero-order valence-corrected chi connectivity index (χ0v) is 7.62. The second kappa shape index (κ2) is 3.21. The minimum atomic E-state index is 0.158. The predicted octanol–water partition coefficient (Wildman–Crippen LogP) is 2.14. The summed E-state index contributed by atoms with van der Waals surface area (Å²) < 4.78 is 5.04. The SMILES string of the molecule is COc1ccc([C@H]2CCC2=O)cc1. The number of benzene rings is 1. The van der Waals surface area contributed by atoms with E-state index in [0.29, 0.717) is 5.78 Å². The van der Waals surface area contributed by atoms with Crippen LogP contribution in [0, 0.1) is 0 Å². The average Bonchev–Trinajstić information content (AvgIpc) is 2.17. The van der Waals surface area contributed by atoms with E-state index in [1.807, 2.05) is 24.3 Å². The number of carbonyl (C=O) groups excluding carboxylic acids is 1. The number of hydrogen-bond donors (Lipinski definition) is 0. The monoisotopic (exact) mass is 176 g/mol. The fraction of sp³-hybridized carbons (Fsp3) is 0.364. The molecule has 2 rings (SSSR count). The van der Waals surface area contributed by atoms with E-state index in [9.17, 15) is 4.79 Å². The highest BCUT2D eigenvalue weighted by molar-refractivity contribution is 5.91. The summed E-state index contributed by atoms with van der Waals surface area (Å²) in [6, 6.07) is 7.75. The van der Waals surface area contributed by atoms with Gasteiger partial charge in [-0.2, -0.15) is 0 Å². The number of methoxy groups -OCH3 is 1. The molecule has 1 saturated carbocycles. The smallest absolute Gasteiger partial charge is 0.140 e. The molecule has 1 aromatic carbocycles. The van der Waals surface area contributed by atoms with E-state index in [-0.39, 0.29) is 5.92 Å². The van der Waals surface area contributed by atoms with Crippen LogP contribution in [0.1, 0.15) is 24.3 Å². The number of carbonyl (C=O) groups is 1. The van der Waals surface area contributed by atoms with Crippen molar-refractivity contribution in [1.29, 1.82) is 0 Å². The highest BCUT2D eigenvalue weighted by atomic mass is 16.5. The lowest BCUT2D eigenvalue weighted by atomic mass is 9.79. The lowest BCUT2D eigenvalue weighted by Gasteiger charge is -2.24. The zero-order valence-electron chi connectivity index (χ0n) is 7.62. The Morgan fingerprint density at radius 2 is 2.00 bits per heavy atom. The quantitative estimate of drug-likeness (QED) is 0.690. The van der Waals surface area contributed by atoms with Crippen molar-refractivity contribution in [3.8, 4) is 5.75 Å². The molecule has 0 saturated heterocycles. The Hall–Kier alpha value is -1.31. The van der Waals surface area contributed by atoms with Crippen LogP contribution in [0.15, 0.2) is 24.3 Å². The summed E-state index contributed by atoms with van der Waals surface area (Å²) >= 11 is 0. The molecular weight excluding hydrogens is 164 g/mol. The number of ether oxygens (including phenoxy) is 1. The second-order valence-electron chi connectivity index (χ2n) is 3.33. The molecule has 0 aromatic heterocycles. The molecule has 0 heterocycles. The van der Waals surface area contributed by atoms with Crippen LogP contribution in [0.25, 0.3) is 0 Å². The summed E-state index contributed by atoms with van der Waals surface area (Å²) in [7, 11) is 1.64. The van der Waals surface area contributed by atoms with Gasteiger partial charge in [-0.05, 0) is 24.1 Å². The van der Waals surface area contributed by atoms with Crippen molar-refractivity contribution >= 4 is 5.78 Å². The standard InChI is InChI=1S/C11H12O2/c1-13-9-4-2-8(3-5-9)10-6-7-11(10)12/h2-5,10H,6-7H2,1H3/t10-/m1/s1. The predicted molar refractivity (Wildman–Crippen MR) is 50.0 cm³/mol. The first kappa shape index (κ1) is 8.30. The van der Waals surface area contributed by atoms with E-state index in [0.717, 1.165) is 24.2 Å². The molecule has 2 heteroatoms. The van der Waals surface area contributed by atoms with E-state index < -0.39 is 0 Å². The maximum absolute atomic E-state index is 11.2. The van der Waals surface area contributed by atoms with Gasteiger partial charge >= 0.3 is 0 Å². The van der Waals surface area contributed by atoms with Gasteiger partial charge in [-0.3, -0.25) is 4.79 Å². The van der Waals surface area contributed by atoms with Gasteiger partial charge in [-0.1, -0.05) is 12.1 Å². The van der Waals surface area contributed by atoms with Gasteiger partial charge in [-0.25, -0.2) is 0 Å². The number of hydrogen-bond acceptors (Lipinski definition) is 2. The summed E-state index contributed by atoms with van der Waals surface area (Å²) in [6.45, 7) is 0. The lowest BCUT2D eigenvalue weighted by molar-refractivity contribution is -0.125. The third-order valence-corrected chi connectivity index (χ3v) is 2.59. The Morgan fingerprint density at radius 1 is 1.31 bits per heavy atom. The van der Waals surface area contributed by atoms with E-state index in [1.54, 1.807) is 7.11 Å². The van der Waals surface area contributed by atoms with Crippen LogP contribution < -0.4 is 4.74 Å². The van der Waals surface area contributed by atoms with Gasteiger partial charge in [0.1, 0.15) is 11.5 Å². The fourth-order valence-corrected chi connectivity index (χ4v) is 1.60. The molecule has 1 aliphatic carbocycles. The Bertz CT molecular complexity index is 313. The summed E-state index contributed by atoms with van der Waals surface area (Å²) in [5.74, 6) is 1.37. The number of Topliss-reactive ketones (excluding diaryl/α,β-unsaturated/α-hetero) is 1. The van der Waals surface area contributed by atoms with Crippen LogP contribution >= 0.6 is 0 Å². The zero-order chi connectivity index (χ0) is 9.26.